The van der Waals surface area contributed by atoms with E-state index in [-0.39, 0.29) is 12.5 Å². The second-order valence-corrected chi connectivity index (χ2v) is 9.16. The van der Waals surface area contributed by atoms with Gasteiger partial charge < -0.3 is 10.1 Å². The number of rotatable bonds is 4. The summed E-state index contributed by atoms with van der Waals surface area (Å²) in [6.07, 6.45) is 1.83. The Morgan fingerprint density at radius 2 is 1.79 bits per heavy atom. The van der Waals surface area contributed by atoms with E-state index < -0.39 is 0 Å². The molecule has 6 nitrogen and oxygen atoms in total. The number of nitrogens with one attached hydrogen (secondary N) is 1. The summed E-state index contributed by atoms with van der Waals surface area (Å²) in [4.78, 5) is 17.5. The Labute approximate surface area is 201 Å². The lowest BCUT2D eigenvalue weighted by Gasteiger charge is -2.18. The molecule has 0 bridgehead atoms. The largest absolute Gasteiger partial charge is 0.482 e. The van der Waals surface area contributed by atoms with Crippen LogP contribution >= 0.6 is 11.3 Å². The molecule has 4 aromatic rings. The number of carbonyl (C=O) groups excluding carboxylic acids is 1. The average Bonchev–Trinajstić information content (AvgIpc) is 3.22. The number of benzene rings is 3. The molecule has 1 aliphatic rings. The monoisotopic (exact) mass is 468 g/mol. The number of amides is 1. The van der Waals surface area contributed by atoms with Crippen LogP contribution in [0.4, 0.5) is 11.4 Å². The summed E-state index contributed by atoms with van der Waals surface area (Å²) in [6.45, 7) is 6.23. The Morgan fingerprint density at radius 3 is 2.59 bits per heavy atom. The van der Waals surface area contributed by atoms with Gasteiger partial charge in [-0.25, -0.2) is 9.67 Å². The summed E-state index contributed by atoms with van der Waals surface area (Å²) in [7, 11) is 0. The van der Waals surface area contributed by atoms with Crippen molar-refractivity contribution in [1.29, 1.82) is 0 Å². The van der Waals surface area contributed by atoms with Gasteiger partial charge in [-0.3, -0.25) is 4.79 Å². The smallest absolute Gasteiger partial charge is 0.262 e. The van der Waals surface area contributed by atoms with E-state index in [0.29, 0.717) is 11.4 Å². The van der Waals surface area contributed by atoms with Gasteiger partial charge in [0.2, 0.25) is 4.80 Å². The SMILES string of the molecule is Cc1ccc(C=Nn2c(-c3ccc4c(c3)NC(=O)CO4)csc2=Nc2ccc(C)cc2C)cc1. The summed E-state index contributed by atoms with van der Waals surface area (Å²) in [5.41, 5.74) is 7.85. The van der Waals surface area contributed by atoms with Crippen LogP contribution in [0.15, 0.2) is 76.1 Å². The van der Waals surface area contributed by atoms with Crippen LogP contribution in [0, 0.1) is 20.8 Å². The standard InChI is InChI=1S/C27H24N4O2S/c1-17-4-7-20(8-5-17)14-28-31-24(21-9-11-25-23(13-21)29-26(32)15-33-25)16-34-27(31)30-22-10-6-18(2)12-19(22)3/h4-14,16H,15H2,1-3H3,(H,29,32). The van der Waals surface area contributed by atoms with E-state index in [9.17, 15) is 4.79 Å². The zero-order valence-corrected chi connectivity index (χ0v) is 20.0. The Morgan fingerprint density at radius 1 is 1.00 bits per heavy atom. The number of aryl methyl sites for hydroxylation is 3. The zero-order valence-electron chi connectivity index (χ0n) is 19.2. The van der Waals surface area contributed by atoms with Crippen LogP contribution in [0.5, 0.6) is 5.75 Å². The van der Waals surface area contributed by atoms with Crippen molar-refractivity contribution < 1.29 is 9.53 Å². The van der Waals surface area contributed by atoms with Crippen molar-refractivity contribution >= 4 is 34.8 Å². The molecule has 7 heteroatoms. The van der Waals surface area contributed by atoms with Crippen molar-refractivity contribution in [3.05, 3.63) is 93.1 Å². The molecule has 34 heavy (non-hydrogen) atoms. The second-order valence-electron chi connectivity index (χ2n) is 8.32. The van der Waals surface area contributed by atoms with Crippen molar-refractivity contribution in [1.82, 2.24) is 4.68 Å². The average molecular weight is 469 g/mol. The normalized spacial score (nSPS) is 13.6. The number of aromatic nitrogens is 1. The number of ether oxygens (including phenoxy) is 1. The fraction of sp³-hybridized carbons (Fsp3) is 0.148. The molecular weight excluding hydrogens is 444 g/mol. The molecule has 1 aliphatic heterocycles. The molecule has 170 valence electrons. The fourth-order valence-corrected chi connectivity index (χ4v) is 4.59. The van der Waals surface area contributed by atoms with Crippen LogP contribution in [0.25, 0.3) is 11.3 Å². The van der Waals surface area contributed by atoms with E-state index in [2.05, 4.69) is 50.4 Å². The number of thiazole rings is 1. The first-order valence-electron chi connectivity index (χ1n) is 11.0. The van der Waals surface area contributed by atoms with Gasteiger partial charge in [-0.1, -0.05) is 47.5 Å². The first-order valence-corrected chi connectivity index (χ1v) is 11.8. The topological polar surface area (TPSA) is 68.0 Å². The van der Waals surface area contributed by atoms with E-state index in [1.165, 1.54) is 22.5 Å². The molecule has 1 amide bonds. The highest BCUT2D eigenvalue weighted by Gasteiger charge is 2.18. The zero-order chi connectivity index (χ0) is 23.7. The molecule has 0 spiro atoms. The first kappa shape index (κ1) is 21.9. The summed E-state index contributed by atoms with van der Waals surface area (Å²) in [5, 5.41) is 9.71. The summed E-state index contributed by atoms with van der Waals surface area (Å²) in [6, 6.07) is 20.2. The molecule has 2 heterocycles. The maximum atomic E-state index is 11.8. The van der Waals surface area contributed by atoms with Crippen molar-refractivity contribution in [2.75, 3.05) is 11.9 Å². The van der Waals surface area contributed by atoms with Crippen LogP contribution in [-0.2, 0) is 4.79 Å². The molecule has 0 saturated carbocycles. The number of nitrogens with zero attached hydrogens (tertiary/aromatic N) is 3. The minimum absolute atomic E-state index is 0.0323. The summed E-state index contributed by atoms with van der Waals surface area (Å²) in [5.74, 6) is 0.499. The van der Waals surface area contributed by atoms with Crippen molar-refractivity contribution in [2.24, 2.45) is 10.1 Å². The van der Waals surface area contributed by atoms with Gasteiger partial charge in [0, 0.05) is 10.9 Å². The van der Waals surface area contributed by atoms with E-state index >= 15 is 0 Å². The number of hydrogen-bond acceptors (Lipinski definition) is 5. The lowest BCUT2D eigenvalue weighted by molar-refractivity contribution is -0.118. The van der Waals surface area contributed by atoms with Crippen molar-refractivity contribution in [3.8, 4) is 17.0 Å². The Balaban J connectivity index is 1.63. The van der Waals surface area contributed by atoms with Gasteiger partial charge in [-0.05, 0) is 56.2 Å². The Kier molecular flexibility index (Phi) is 5.86. The van der Waals surface area contributed by atoms with Crippen molar-refractivity contribution in [2.45, 2.75) is 20.8 Å². The Hall–Kier alpha value is -3.97. The minimum atomic E-state index is -0.161. The first-order chi connectivity index (χ1) is 16.5. The van der Waals surface area contributed by atoms with E-state index in [1.54, 1.807) is 0 Å². The highest BCUT2D eigenvalue weighted by Crippen LogP contribution is 2.33. The van der Waals surface area contributed by atoms with Gasteiger partial charge >= 0.3 is 0 Å². The molecule has 0 radical (unpaired) electrons. The highest BCUT2D eigenvalue weighted by atomic mass is 32.1. The van der Waals surface area contributed by atoms with Crippen LogP contribution in [0.2, 0.25) is 0 Å². The predicted octanol–water partition coefficient (Wildman–Crippen LogP) is 5.59. The number of fused-ring (bicyclic) bond motifs is 1. The summed E-state index contributed by atoms with van der Waals surface area (Å²) < 4.78 is 7.36. The molecule has 1 aromatic heterocycles. The molecule has 0 fully saturated rings. The molecule has 1 N–H and O–H groups in total. The number of carbonyl (C=O) groups is 1. The van der Waals surface area contributed by atoms with Crippen LogP contribution in [0.3, 0.4) is 0 Å². The molecule has 0 atom stereocenters. The van der Waals surface area contributed by atoms with Gasteiger partial charge in [0.25, 0.3) is 5.91 Å². The third-order valence-corrected chi connectivity index (χ3v) is 6.38. The lowest BCUT2D eigenvalue weighted by atomic mass is 10.1. The lowest BCUT2D eigenvalue weighted by Crippen LogP contribution is -2.25. The van der Waals surface area contributed by atoms with E-state index in [0.717, 1.165) is 32.9 Å². The predicted molar refractivity (Wildman–Crippen MR) is 137 cm³/mol. The molecular formula is C27H24N4O2S. The third kappa shape index (κ3) is 4.56. The molecule has 3 aromatic carbocycles. The van der Waals surface area contributed by atoms with Crippen LogP contribution in [0.1, 0.15) is 22.3 Å². The number of anilines is 1. The van der Waals surface area contributed by atoms with Crippen molar-refractivity contribution in [3.63, 3.8) is 0 Å². The minimum Gasteiger partial charge on any atom is -0.482 e. The molecule has 0 aliphatic carbocycles. The number of hydrogen-bond donors (Lipinski definition) is 1. The van der Waals surface area contributed by atoms with E-state index in [1.807, 2.05) is 52.7 Å². The van der Waals surface area contributed by atoms with Gasteiger partial charge in [0.05, 0.1) is 23.3 Å². The Bertz CT molecular complexity index is 1480. The van der Waals surface area contributed by atoms with Crippen LogP contribution in [-0.4, -0.2) is 23.4 Å². The second kappa shape index (κ2) is 9.11. The van der Waals surface area contributed by atoms with Gasteiger partial charge in [0.15, 0.2) is 6.61 Å². The third-order valence-electron chi connectivity index (χ3n) is 5.56. The molecule has 0 unspecified atom stereocenters. The van der Waals surface area contributed by atoms with E-state index in [4.69, 9.17) is 14.8 Å². The molecule has 5 rings (SSSR count). The van der Waals surface area contributed by atoms with Gasteiger partial charge in [-0.15, -0.1) is 11.3 Å². The maximum Gasteiger partial charge on any atom is 0.262 e. The highest BCUT2D eigenvalue weighted by molar-refractivity contribution is 7.07. The molecule has 0 saturated heterocycles. The van der Waals surface area contributed by atoms with Gasteiger partial charge in [-0.2, -0.15) is 5.10 Å². The van der Waals surface area contributed by atoms with Gasteiger partial charge in [0.1, 0.15) is 5.75 Å². The summed E-state index contributed by atoms with van der Waals surface area (Å²) >= 11 is 1.52. The maximum absolute atomic E-state index is 11.8. The quantitative estimate of drug-likeness (QED) is 0.397. The fourth-order valence-electron chi connectivity index (χ4n) is 3.74. The van der Waals surface area contributed by atoms with Crippen LogP contribution < -0.4 is 14.9 Å².